The predicted octanol–water partition coefficient (Wildman–Crippen LogP) is 4.35. The number of aliphatic carboxylic acids is 1. The minimum atomic E-state index is -1.07. The average molecular weight is 351 g/mol. The smallest absolute Gasteiger partial charge is 0.341 e. The van der Waals surface area contributed by atoms with E-state index < -0.39 is 12.6 Å². The summed E-state index contributed by atoms with van der Waals surface area (Å²) in [7, 11) is 0. The Bertz CT molecular complexity index is 731. The van der Waals surface area contributed by atoms with E-state index >= 15 is 0 Å². The molecule has 0 aliphatic rings. The summed E-state index contributed by atoms with van der Waals surface area (Å²) in [4.78, 5) is 22.5. The first-order valence-electron chi connectivity index (χ1n) is 6.58. The second-order valence-electron chi connectivity index (χ2n) is 4.54. The maximum absolute atomic E-state index is 12.1. The molecular formula is C17H12Cl2O4. The molecule has 6 heteroatoms. The van der Waals surface area contributed by atoms with Crippen LogP contribution in [-0.2, 0) is 4.79 Å². The van der Waals surface area contributed by atoms with Crippen molar-refractivity contribution in [3.05, 3.63) is 69.7 Å². The van der Waals surface area contributed by atoms with Gasteiger partial charge in [-0.2, -0.15) is 0 Å². The van der Waals surface area contributed by atoms with E-state index in [1.165, 1.54) is 18.2 Å². The molecule has 0 atom stereocenters. The number of rotatable bonds is 6. The summed E-state index contributed by atoms with van der Waals surface area (Å²) in [5, 5.41) is 9.45. The fourth-order valence-corrected chi connectivity index (χ4v) is 2.31. The number of benzene rings is 2. The molecule has 0 saturated carbocycles. The van der Waals surface area contributed by atoms with Crippen LogP contribution in [0.2, 0.25) is 10.0 Å². The molecule has 0 heterocycles. The molecule has 0 fully saturated rings. The second kappa shape index (κ2) is 7.81. The Kier molecular flexibility index (Phi) is 5.79. The highest BCUT2D eigenvalue weighted by atomic mass is 35.5. The standard InChI is InChI=1S/C17H12Cl2O4/c18-14-2-1-3-15(19)13(14)8-9-16(20)11-4-6-12(7-5-11)23-10-17(21)22/h1-9H,10H2,(H,21,22)/b9-8+. The third kappa shape index (κ3) is 4.84. The van der Waals surface area contributed by atoms with Crippen LogP contribution in [0.3, 0.4) is 0 Å². The van der Waals surface area contributed by atoms with Gasteiger partial charge in [-0.1, -0.05) is 29.3 Å². The third-order valence-electron chi connectivity index (χ3n) is 2.90. The lowest BCUT2D eigenvalue weighted by molar-refractivity contribution is -0.139. The summed E-state index contributed by atoms with van der Waals surface area (Å²) < 4.78 is 5.00. The SMILES string of the molecule is O=C(O)COc1ccc(C(=O)/C=C/c2c(Cl)cccc2Cl)cc1. The summed E-state index contributed by atoms with van der Waals surface area (Å²) in [5.74, 6) is -0.919. The lowest BCUT2D eigenvalue weighted by Crippen LogP contribution is -2.09. The monoisotopic (exact) mass is 350 g/mol. The van der Waals surface area contributed by atoms with Crippen LogP contribution < -0.4 is 4.74 Å². The largest absolute Gasteiger partial charge is 0.482 e. The van der Waals surface area contributed by atoms with Crippen molar-refractivity contribution in [2.45, 2.75) is 0 Å². The summed E-state index contributed by atoms with van der Waals surface area (Å²) in [6, 6.07) is 11.3. The molecule has 2 rings (SSSR count). The van der Waals surface area contributed by atoms with E-state index in [9.17, 15) is 9.59 Å². The number of carbonyl (C=O) groups is 2. The van der Waals surface area contributed by atoms with Gasteiger partial charge in [-0.3, -0.25) is 4.79 Å². The van der Waals surface area contributed by atoms with Gasteiger partial charge in [-0.15, -0.1) is 0 Å². The molecule has 0 bridgehead atoms. The Labute approximate surface area is 142 Å². The van der Waals surface area contributed by atoms with E-state index in [2.05, 4.69) is 0 Å². The van der Waals surface area contributed by atoms with Crippen molar-refractivity contribution < 1.29 is 19.4 Å². The van der Waals surface area contributed by atoms with Gasteiger partial charge in [0.2, 0.25) is 0 Å². The normalized spacial score (nSPS) is 10.7. The molecule has 0 aliphatic carbocycles. The number of ketones is 1. The zero-order valence-corrected chi connectivity index (χ0v) is 13.3. The molecule has 0 unspecified atom stereocenters. The van der Waals surface area contributed by atoms with Crippen LogP contribution >= 0.6 is 23.2 Å². The van der Waals surface area contributed by atoms with E-state index in [4.69, 9.17) is 33.0 Å². The summed E-state index contributed by atoms with van der Waals surface area (Å²) in [6.45, 7) is -0.432. The lowest BCUT2D eigenvalue weighted by Gasteiger charge is -2.03. The predicted molar refractivity (Wildman–Crippen MR) is 89.4 cm³/mol. The van der Waals surface area contributed by atoms with Crippen LogP contribution in [0.15, 0.2) is 48.5 Å². The fourth-order valence-electron chi connectivity index (χ4n) is 1.79. The molecule has 1 N–H and O–H groups in total. The number of hydrogen-bond acceptors (Lipinski definition) is 3. The number of ether oxygens (including phenoxy) is 1. The topological polar surface area (TPSA) is 63.6 Å². The first-order valence-corrected chi connectivity index (χ1v) is 7.34. The van der Waals surface area contributed by atoms with Crippen LogP contribution in [0.1, 0.15) is 15.9 Å². The molecule has 0 amide bonds. The Hall–Kier alpha value is -2.30. The molecule has 0 saturated heterocycles. The Balaban J connectivity index is 2.09. The molecule has 23 heavy (non-hydrogen) atoms. The van der Waals surface area contributed by atoms with Crippen molar-refractivity contribution in [1.29, 1.82) is 0 Å². The third-order valence-corrected chi connectivity index (χ3v) is 3.56. The number of carbonyl (C=O) groups excluding carboxylic acids is 1. The highest BCUT2D eigenvalue weighted by Gasteiger charge is 2.06. The van der Waals surface area contributed by atoms with Gasteiger partial charge in [0, 0.05) is 21.2 Å². The molecule has 0 spiro atoms. The molecule has 2 aromatic carbocycles. The molecule has 0 aromatic heterocycles. The average Bonchev–Trinajstić information content (AvgIpc) is 2.52. The van der Waals surface area contributed by atoms with Gasteiger partial charge in [0.25, 0.3) is 0 Å². The minimum absolute atomic E-state index is 0.231. The number of hydrogen-bond donors (Lipinski definition) is 1. The zero-order chi connectivity index (χ0) is 16.8. The van der Waals surface area contributed by atoms with Crippen LogP contribution in [0.4, 0.5) is 0 Å². The molecule has 2 aromatic rings. The van der Waals surface area contributed by atoms with E-state index in [0.717, 1.165) is 0 Å². The Morgan fingerprint density at radius 1 is 1.04 bits per heavy atom. The van der Waals surface area contributed by atoms with Gasteiger partial charge in [0.1, 0.15) is 5.75 Å². The Morgan fingerprint density at radius 3 is 2.22 bits per heavy atom. The minimum Gasteiger partial charge on any atom is -0.482 e. The van der Waals surface area contributed by atoms with Gasteiger partial charge < -0.3 is 9.84 Å². The summed E-state index contributed by atoms with van der Waals surface area (Å²) >= 11 is 12.1. The Morgan fingerprint density at radius 2 is 1.65 bits per heavy atom. The van der Waals surface area contributed by atoms with Gasteiger partial charge in [-0.25, -0.2) is 4.79 Å². The molecule has 0 radical (unpaired) electrons. The van der Waals surface area contributed by atoms with E-state index in [0.29, 0.717) is 26.9 Å². The fraction of sp³-hybridized carbons (Fsp3) is 0.0588. The van der Waals surface area contributed by atoms with Crippen molar-refractivity contribution in [2.24, 2.45) is 0 Å². The van der Waals surface area contributed by atoms with Gasteiger partial charge >= 0.3 is 5.97 Å². The van der Waals surface area contributed by atoms with E-state index in [1.54, 1.807) is 36.4 Å². The first-order chi connectivity index (χ1) is 11.0. The van der Waals surface area contributed by atoms with Gasteiger partial charge in [0.15, 0.2) is 12.4 Å². The molecule has 4 nitrogen and oxygen atoms in total. The van der Waals surface area contributed by atoms with E-state index in [-0.39, 0.29) is 5.78 Å². The van der Waals surface area contributed by atoms with Crippen LogP contribution in [-0.4, -0.2) is 23.5 Å². The van der Waals surface area contributed by atoms with Crippen LogP contribution in [0, 0.1) is 0 Å². The molecule has 0 aliphatic heterocycles. The van der Waals surface area contributed by atoms with Gasteiger partial charge in [0.05, 0.1) is 0 Å². The maximum Gasteiger partial charge on any atom is 0.341 e. The van der Waals surface area contributed by atoms with Crippen molar-refractivity contribution >= 4 is 41.0 Å². The summed E-state index contributed by atoms with van der Waals surface area (Å²) in [5.41, 5.74) is 1.01. The number of allylic oxidation sites excluding steroid dienone is 1. The number of halogens is 2. The number of carboxylic acids is 1. The zero-order valence-electron chi connectivity index (χ0n) is 11.8. The first kappa shape index (κ1) is 17.1. The van der Waals surface area contributed by atoms with Crippen molar-refractivity contribution in [2.75, 3.05) is 6.61 Å². The molecule has 118 valence electrons. The summed E-state index contributed by atoms with van der Waals surface area (Å²) in [6.07, 6.45) is 2.93. The van der Waals surface area contributed by atoms with Crippen molar-refractivity contribution in [1.82, 2.24) is 0 Å². The van der Waals surface area contributed by atoms with Crippen LogP contribution in [0.5, 0.6) is 5.75 Å². The van der Waals surface area contributed by atoms with E-state index in [1.807, 2.05) is 0 Å². The second-order valence-corrected chi connectivity index (χ2v) is 5.35. The van der Waals surface area contributed by atoms with Crippen molar-refractivity contribution in [3.63, 3.8) is 0 Å². The highest BCUT2D eigenvalue weighted by molar-refractivity contribution is 6.37. The number of carboxylic acid groups (broad SMARTS) is 1. The van der Waals surface area contributed by atoms with Gasteiger partial charge in [-0.05, 0) is 48.6 Å². The van der Waals surface area contributed by atoms with Crippen LogP contribution in [0.25, 0.3) is 6.08 Å². The lowest BCUT2D eigenvalue weighted by atomic mass is 10.1. The molecular weight excluding hydrogens is 339 g/mol. The van der Waals surface area contributed by atoms with Crippen molar-refractivity contribution in [3.8, 4) is 5.75 Å². The maximum atomic E-state index is 12.1. The quantitative estimate of drug-likeness (QED) is 0.621. The highest BCUT2D eigenvalue weighted by Crippen LogP contribution is 2.25.